The summed E-state index contributed by atoms with van der Waals surface area (Å²) >= 11 is 1.47. The van der Waals surface area contributed by atoms with Crippen molar-refractivity contribution in [3.05, 3.63) is 22.1 Å². The number of nitrogens with zero attached hydrogens (tertiary/aromatic N) is 3. The van der Waals surface area contributed by atoms with E-state index in [0.717, 1.165) is 0 Å². The van der Waals surface area contributed by atoms with Crippen molar-refractivity contribution in [3.63, 3.8) is 0 Å². The molecule has 1 fully saturated rings. The van der Waals surface area contributed by atoms with Crippen LogP contribution in [-0.4, -0.2) is 59.1 Å². The summed E-state index contributed by atoms with van der Waals surface area (Å²) in [5.74, 6) is 0.545. The quantitative estimate of drug-likeness (QED) is 0.720. The fourth-order valence-electron chi connectivity index (χ4n) is 3.01. The van der Waals surface area contributed by atoms with Crippen LogP contribution in [0.5, 0.6) is 0 Å². The predicted octanol–water partition coefficient (Wildman–Crippen LogP) is 0.234. The highest BCUT2D eigenvalue weighted by atomic mass is 32.2. The van der Waals surface area contributed by atoms with Gasteiger partial charge in [0.15, 0.2) is 15.0 Å². The summed E-state index contributed by atoms with van der Waals surface area (Å²) in [6, 6.07) is -0.209. The number of hydrogen-bond acceptors (Lipinski definition) is 6. The van der Waals surface area contributed by atoms with E-state index >= 15 is 0 Å². The number of aromatic nitrogens is 2. The first-order valence-electron chi connectivity index (χ1n) is 7.45. The van der Waals surface area contributed by atoms with E-state index in [1.54, 1.807) is 22.6 Å². The van der Waals surface area contributed by atoms with Crippen LogP contribution >= 0.6 is 11.8 Å². The van der Waals surface area contributed by atoms with Crippen LogP contribution in [0, 0.1) is 6.92 Å². The maximum atomic E-state index is 12.5. The molecular formula is C14H19N3O4S2. The molecule has 2 aliphatic heterocycles. The molecular weight excluding hydrogens is 338 g/mol. The second-order valence-electron chi connectivity index (χ2n) is 6.15. The molecule has 3 heterocycles. The SMILES string of the molecule is Cc1cnc2n(c1=O)C(CC(=O)N1CCC(S(C)(=O)=O)C1)CS2. The zero-order chi connectivity index (χ0) is 16.8. The van der Waals surface area contributed by atoms with E-state index in [2.05, 4.69) is 4.98 Å². The first-order chi connectivity index (χ1) is 10.8. The van der Waals surface area contributed by atoms with Crippen LogP contribution in [-0.2, 0) is 14.6 Å². The third kappa shape index (κ3) is 3.16. The molecule has 0 spiro atoms. The van der Waals surface area contributed by atoms with Gasteiger partial charge in [0, 0.05) is 43.3 Å². The zero-order valence-electron chi connectivity index (χ0n) is 13.1. The fraction of sp³-hybridized carbons (Fsp3) is 0.643. The molecule has 1 aromatic rings. The molecule has 0 radical (unpaired) electrons. The van der Waals surface area contributed by atoms with Crippen molar-refractivity contribution in [1.82, 2.24) is 14.5 Å². The highest BCUT2D eigenvalue weighted by Crippen LogP contribution is 2.32. The molecule has 126 valence electrons. The number of rotatable bonds is 3. The average Bonchev–Trinajstić information content (AvgIpc) is 3.10. The Bertz CT molecular complexity index is 803. The predicted molar refractivity (Wildman–Crippen MR) is 87.4 cm³/mol. The highest BCUT2D eigenvalue weighted by molar-refractivity contribution is 7.99. The molecule has 2 aliphatic rings. The van der Waals surface area contributed by atoms with Gasteiger partial charge in [-0.15, -0.1) is 0 Å². The van der Waals surface area contributed by atoms with E-state index in [1.807, 2.05) is 0 Å². The summed E-state index contributed by atoms with van der Waals surface area (Å²) in [7, 11) is -3.12. The molecule has 1 amide bonds. The lowest BCUT2D eigenvalue weighted by atomic mass is 10.2. The van der Waals surface area contributed by atoms with Crippen molar-refractivity contribution in [1.29, 1.82) is 0 Å². The summed E-state index contributed by atoms with van der Waals surface area (Å²) in [6.07, 6.45) is 3.47. The molecule has 0 bridgehead atoms. The smallest absolute Gasteiger partial charge is 0.257 e. The van der Waals surface area contributed by atoms with Gasteiger partial charge in [-0.25, -0.2) is 13.4 Å². The third-order valence-electron chi connectivity index (χ3n) is 4.41. The largest absolute Gasteiger partial charge is 0.341 e. The van der Waals surface area contributed by atoms with Gasteiger partial charge in [-0.2, -0.15) is 0 Å². The van der Waals surface area contributed by atoms with Gasteiger partial charge in [0.25, 0.3) is 5.56 Å². The number of amides is 1. The number of sulfone groups is 1. The van der Waals surface area contributed by atoms with Crippen molar-refractivity contribution >= 4 is 27.5 Å². The van der Waals surface area contributed by atoms with Gasteiger partial charge in [0.2, 0.25) is 5.91 Å². The number of thioether (sulfide) groups is 1. The van der Waals surface area contributed by atoms with Crippen LogP contribution in [0.1, 0.15) is 24.4 Å². The number of fused-ring (bicyclic) bond motifs is 1. The summed E-state index contributed by atoms with van der Waals surface area (Å²) in [5, 5.41) is 0.178. The molecule has 2 atom stereocenters. The van der Waals surface area contributed by atoms with Crippen LogP contribution in [0.4, 0.5) is 0 Å². The number of carbonyl (C=O) groups is 1. The van der Waals surface area contributed by atoms with Crippen LogP contribution in [0.3, 0.4) is 0 Å². The van der Waals surface area contributed by atoms with E-state index < -0.39 is 15.1 Å². The Hall–Kier alpha value is -1.35. The fourth-order valence-corrected chi connectivity index (χ4v) is 5.10. The van der Waals surface area contributed by atoms with Crippen LogP contribution in [0.2, 0.25) is 0 Å². The summed E-state index contributed by atoms with van der Waals surface area (Å²) in [6.45, 7) is 2.43. The van der Waals surface area contributed by atoms with Gasteiger partial charge >= 0.3 is 0 Å². The average molecular weight is 357 g/mol. The molecule has 0 N–H and O–H groups in total. The van der Waals surface area contributed by atoms with Crippen LogP contribution in [0.15, 0.2) is 16.1 Å². The summed E-state index contributed by atoms with van der Waals surface area (Å²) in [4.78, 5) is 30.6. The minimum absolute atomic E-state index is 0.0944. The molecule has 0 saturated carbocycles. The van der Waals surface area contributed by atoms with Crippen molar-refractivity contribution in [2.75, 3.05) is 25.1 Å². The standard InChI is InChI=1S/C14H19N3O4S2/c1-9-6-15-14-17(13(9)19)10(8-22-14)5-12(18)16-4-3-11(7-16)23(2,20)21/h6,10-11H,3-5,7-8H2,1-2H3. The Kier molecular flexibility index (Phi) is 4.26. The number of hydrogen-bond donors (Lipinski definition) is 0. The van der Waals surface area contributed by atoms with Gasteiger partial charge in [0.05, 0.1) is 11.3 Å². The van der Waals surface area contributed by atoms with E-state index in [1.165, 1.54) is 18.0 Å². The van der Waals surface area contributed by atoms with Crippen molar-refractivity contribution in [2.45, 2.75) is 36.2 Å². The minimum Gasteiger partial charge on any atom is -0.341 e. The lowest BCUT2D eigenvalue weighted by Crippen LogP contribution is -2.35. The molecule has 0 aromatic carbocycles. The van der Waals surface area contributed by atoms with Crippen molar-refractivity contribution in [3.8, 4) is 0 Å². The Morgan fingerprint density at radius 2 is 2.22 bits per heavy atom. The Morgan fingerprint density at radius 1 is 1.48 bits per heavy atom. The molecule has 0 aliphatic carbocycles. The molecule has 9 heteroatoms. The molecule has 23 heavy (non-hydrogen) atoms. The molecule has 1 saturated heterocycles. The van der Waals surface area contributed by atoms with E-state index in [9.17, 15) is 18.0 Å². The van der Waals surface area contributed by atoms with Crippen molar-refractivity contribution in [2.24, 2.45) is 0 Å². The van der Waals surface area contributed by atoms with E-state index in [4.69, 9.17) is 0 Å². The monoisotopic (exact) mass is 357 g/mol. The first kappa shape index (κ1) is 16.5. The topological polar surface area (TPSA) is 89.3 Å². The number of carbonyl (C=O) groups excluding carboxylic acids is 1. The van der Waals surface area contributed by atoms with Crippen LogP contribution in [0.25, 0.3) is 0 Å². The highest BCUT2D eigenvalue weighted by Gasteiger charge is 2.35. The Morgan fingerprint density at radius 3 is 2.87 bits per heavy atom. The van der Waals surface area contributed by atoms with Gasteiger partial charge in [-0.05, 0) is 13.3 Å². The molecule has 2 unspecified atom stereocenters. The Balaban J connectivity index is 1.72. The maximum absolute atomic E-state index is 12.5. The lowest BCUT2D eigenvalue weighted by molar-refractivity contribution is -0.130. The Labute approximate surface area is 139 Å². The summed E-state index contributed by atoms with van der Waals surface area (Å²) in [5.41, 5.74) is 0.459. The van der Waals surface area contributed by atoms with Gasteiger partial charge < -0.3 is 4.90 Å². The van der Waals surface area contributed by atoms with Crippen LogP contribution < -0.4 is 5.56 Å². The third-order valence-corrected chi connectivity index (χ3v) is 7.12. The second-order valence-corrected chi connectivity index (χ2v) is 9.46. The van der Waals surface area contributed by atoms with Crippen molar-refractivity contribution < 1.29 is 13.2 Å². The van der Waals surface area contributed by atoms with Gasteiger partial charge in [0.1, 0.15) is 0 Å². The zero-order valence-corrected chi connectivity index (χ0v) is 14.7. The maximum Gasteiger partial charge on any atom is 0.257 e. The molecule has 3 rings (SSSR count). The van der Waals surface area contributed by atoms with Gasteiger partial charge in [-0.1, -0.05) is 11.8 Å². The molecule has 1 aromatic heterocycles. The van der Waals surface area contributed by atoms with E-state index in [-0.39, 0.29) is 30.5 Å². The molecule has 7 nitrogen and oxygen atoms in total. The normalized spacial score (nSPS) is 24.0. The second kappa shape index (κ2) is 5.94. The number of aryl methyl sites for hydroxylation is 1. The summed E-state index contributed by atoms with van der Waals surface area (Å²) < 4.78 is 24.8. The lowest BCUT2D eigenvalue weighted by Gasteiger charge is -2.19. The first-order valence-corrected chi connectivity index (χ1v) is 10.4. The number of likely N-dealkylation sites (tertiary alicyclic amines) is 1. The minimum atomic E-state index is -3.12. The van der Waals surface area contributed by atoms with Gasteiger partial charge in [-0.3, -0.25) is 14.2 Å². The van der Waals surface area contributed by atoms with E-state index in [0.29, 0.717) is 29.4 Å².